The molecule has 23 heavy (non-hydrogen) atoms. The number of ether oxygens (including phenoxy) is 1. The van der Waals surface area contributed by atoms with Crippen molar-refractivity contribution in [3.05, 3.63) is 34.6 Å². The van der Waals surface area contributed by atoms with Gasteiger partial charge in [-0.05, 0) is 44.9 Å². The van der Waals surface area contributed by atoms with E-state index in [-0.39, 0.29) is 35.4 Å². The van der Waals surface area contributed by atoms with Crippen LogP contribution in [-0.4, -0.2) is 38.3 Å². The van der Waals surface area contributed by atoms with Gasteiger partial charge in [-0.2, -0.15) is 0 Å². The van der Waals surface area contributed by atoms with Crippen molar-refractivity contribution < 1.29 is 9.13 Å². The van der Waals surface area contributed by atoms with Crippen molar-refractivity contribution >= 4 is 41.5 Å². The summed E-state index contributed by atoms with van der Waals surface area (Å²) in [5.74, 6) is 0.407. The van der Waals surface area contributed by atoms with Gasteiger partial charge in [0.1, 0.15) is 5.82 Å². The van der Waals surface area contributed by atoms with Gasteiger partial charge in [0.25, 0.3) is 0 Å². The van der Waals surface area contributed by atoms with Crippen LogP contribution < -0.4 is 10.6 Å². The first-order valence-electron chi connectivity index (χ1n) is 7.39. The number of nitrogens with zero attached hydrogens (tertiary/aromatic N) is 1. The van der Waals surface area contributed by atoms with Crippen LogP contribution in [0.2, 0.25) is 5.02 Å². The lowest BCUT2D eigenvalue weighted by Crippen LogP contribution is -2.40. The number of hydrogen-bond acceptors (Lipinski definition) is 2. The molecule has 0 aliphatic heterocycles. The molecule has 0 aromatic heterocycles. The Morgan fingerprint density at radius 1 is 1.35 bits per heavy atom. The summed E-state index contributed by atoms with van der Waals surface area (Å²) in [4.78, 5) is 4.50. The molecule has 1 rings (SSSR count). The molecule has 0 radical (unpaired) electrons. The minimum absolute atomic E-state index is 0. The van der Waals surface area contributed by atoms with Gasteiger partial charge in [0.05, 0.1) is 12.1 Å². The summed E-state index contributed by atoms with van der Waals surface area (Å²) < 4.78 is 18.4. The molecule has 7 heteroatoms. The van der Waals surface area contributed by atoms with Gasteiger partial charge in [0.15, 0.2) is 5.96 Å². The molecular weight excluding hydrogens is 432 g/mol. The van der Waals surface area contributed by atoms with Crippen LogP contribution in [0, 0.1) is 5.82 Å². The molecule has 0 spiro atoms. The molecule has 0 saturated carbocycles. The molecular formula is C16H26ClFIN3O. The third-order valence-electron chi connectivity index (χ3n) is 3.22. The maximum absolute atomic E-state index is 13.0. The van der Waals surface area contributed by atoms with E-state index < -0.39 is 0 Å². The van der Waals surface area contributed by atoms with Gasteiger partial charge in [-0.15, -0.1) is 24.0 Å². The molecule has 0 bridgehead atoms. The van der Waals surface area contributed by atoms with Crippen molar-refractivity contribution in [1.29, 1.82) is 0 Å². The maximum atomic E-state index is 13.0. The second-order valence-corrected chi connectivity index (χ2v) is 5.98. The van der Waals surface area contributed by atoms with Crippen molar-refractivity contribution in [3.63, 3.8) is 0 Å². The van der Waals surface area contributed by atoms with Crippen LogP contribution in [0.25, 0.3) is 0 Å². The Bertz CT molecular complexity index is 512. The molecule has 1 aromatic rings. The predicted octanol–water partition coefficient (Wildman–Crippen LogP) is 3.62. The summed E-state index contributed by atoms with van der Waals surface area (Å²) in [7, 11) is 1.67. The Hall–Kier alpha value is -0.600. The average Bonchev–Trinajstić information content (AvgIpc) is 2.47. The summed E-state index contributed by atoms with van der Waals surface area (Å²) in [6.45, 7) is 7.96. The lowest BCUT2D eigenvalue weighted by molar-refractivity contribution is 0.0310. The summed E-state index contributed by atoms with van der Waals surface area (Å²) in [5, 5.41) is 6.87. The van der Waals surface area contributed by atoms with Crippen molar-refractivity contribution in [1.82, 2.24) is 10.6 Å². The molecule has 1 aromatic carbocycles. The lowest BCUT2D eigenvalue weighted by Gasteiger charge is -2.21. The number of methoxy groups -OCH3 is 1. The van der Waals surface area contributed by atoms with Crippen LogP contribution in [0.15, 0.2) is 23.2 Å². The fourth-order valence-electron chi connectivity index (χ4n) is 1.72. The Kier molecular flexibility index (Phi) is 10.8. The van der Waals surface area contributed by atoms with Crippen LogP contribution >= 0.6 is 35.6 Å². The number of aliphatic imine (C=N–C) groups is 1. The first-order valence-corrected chi connectivity index (χ1v) is 7.77. The normalized spacial score (nSPS) is 11.8. The number of halogens is 3. The van der Waals surface area contributed by atoms with Gasteiger partial charge in [0, 0.05) is 25.2 Å². The fraction of sp³-hybridized carbons (Fsp3) is 0.562. The van der Waals surface area contributed by atoms with Crippen LogP contribution in [0.5, 0.6) is 0 Å². The van der Waals surface area contributed by atoms with Gasteiger partial charge in [-0.25, -0.2) is 4.39 Å². The minimum atomic E-state index is -0.321. The number of rotatable bonds is 7. The van der Waals surface area contributed by atoms with E-state index in [4.69, 9.17) is 16.3 Å². The molecule has 0 unspecified atom stereocenters. The molecule has 0 aliphatic rings. The molecule has 4 nitrogen and oxygen atoms in total. The number of nitrogens with one attached hydrogen (secondary N) is 2. The highest BCUT2D eigenvalue weighted by atomic mass is 127. The van der Waals surface area contributed by atoms with E-state index >= 15 is 0 Å². The topological polar surface area (TPSA) is 45.7 Å². The zero-order chi connectivity index (χ0) is 16.6. The van der Waals surface area contributed by atoms with Gasteiger partial charge >= 0.3 is 0 Å². The molecule has 0 saturated heterocycles. The molecule has 132 valence electrons. The minimum Gasteiger partial charge on any atom is -0.377 e. The number of benzene rings is 1. The zero-order valence-corrected chi connectivity index (χ0v) is 17.2. The lowest BCUT2D eigenvalue weighted by atomic mass is 10.1. The SMILES string of the molecule is CCNC(=NCC(C)(C)OC)NCCc1ccc(F)cc1Cl.I. The highest BCUT2D eigenvalue weighted by Crippen LogP contribution is 2.17. The molecule has 0 aliphatic carbocycles. The van der Waals surface area contributed by atoms with Gasteiger partial charge in [-0.1, -0.05) is 17.7 Å². The highest BCUT2D eigenvalue weighted by molar-refractivity contribution is 14.0. The second-order valence-electron chi connectivity index (χ2n) is 5.57. The predicted molar refractivity (Wildman–Crippen MR) is 106 cm³/mol. The third kappa shape index (κ3) is 8.72. The van der Waals surface area contributed by atoms with Gasteiger partial charge in [0.2, 0.25) is 0 Å². The fourth-order valence-corrected chi connectivity index (χ4v) is 1.98. The van der Waals surface area contributed by atoms with E-state index in [2.05, 4.69) is 15.6 Å². The molecule has 2 N–H and O–H groups in total. The quantitative estimate of drug-likeness (QED) is 0.373. The molecule has 0 fully saturated rings. The van der Waals surface area contributed by atoms with E-state index in [1.54, 1.807) is 13.2 Å². The monoisotopic (exact) mass is 457 g/mol. The zero-order valence-electron chi connectivity index (χ0n) is 14.1. The van der Waals surface area contributed by atoms with Crippen molar-refractivity contribution in [3.8, 4) is 0 Å². The third-order valence-corrected chi connectivity index (χ3v) is 3.57. The summed E-state index contributed by atoms with van der Waals surface area (Å²) in [5.41, 5.74) is 0.603. The largest absolute Gasteiger partial charge is 0.377 e. The number of hydrogen-bond donors (Lipinski definition) is 2. The Labute approximate surface area is 160 Å². The second kappa shape index (κ2) is 11.0. The Morgan fingerprint density at radius 2 is 2.04 bits per heavy atom. The summed E-state index contributed by atoms with van der Waals surface area (Å²) >= 11 is 6.02. The molecule has 0 amide bonds. The van der Waals surface area contributed by atoms with Gasteiger partial charge < -0.3 is 15.4 Å². The van der Waals surface area contributed by atoms with Crippen molar-refractivity contribution in [2.75, 3.05) is 26.7 Å². The standard InChI is InChI=1S/C16H25ClFN3O.HI/c1-5-19-15(21-11-16(2,3)22-4)20-9-8-12-6-7-13(18)10-14(12)17;/h6-7,10H,5,8-9,11H2,1-4H3,(H2,19,20,21);1H. The van der Waals surface area contributed by atoms with E-state index in [1.807, 2.05) is 20.8 Å². The van der Waals surface area contributed by atoms with Crippen molar-refractivity contribution in [2.24, 2.45) is 4.99 Å². The first kappa shape index (κ1) is 22.4. The van der Waals surface area contributed by atoms with Crippen LogP contribution in [-0.2, 0) is 11.2 Å². The average molecular weight is 458 g/mol. The smallest absolute Gasteiger partial charge is 0.191 e. The number of guanidine groups is 1. The molecule has 0 atom stereocenters. The Balaban J connectivity index is 0.00000484. The summed E-state index contributed by atoms with van der Waals surface area (Å²) in [6, 6.07) is 4.45. The van der Waals surface area contributed by atoms with Gasteiger partial charge in [-0.3, -0.25) is 4.99 Å². The van der Waals surface area contributed by atoms with E-state index in [9.17, 15) is 4.39 Å². The van der Waals surface area contributed by atoms with Crippen LogP contribution in [0.4, 0.5) is 4.39 Å². The van der Waals surface area contributed by atoms with Crippen LogP contribution in [0.1, 0.15) is 26.3 Å². The van der Waals surface area contributed by atoms with Crippen molar-refractivity contribution in [2.45, 2.75) is 32.8 Å². The summed E-state index contributed by atoms with van der Waals surface area (Å²) in [6.07, 6.45) is 0.692. The highest BCUT2D eigenvalue weighted by Gasteiger charge is 2.15. The maximum Gasteiger partial charge on any atom is 0.191 e. The Morgan fingerprint density at radius 3 is 2.61 bits per heavy atom. The van der Waals surface area contributed by atoms with E-state index in [1.165, 1.54) is 12.1 Å². The first-order chi connectivity index (χ1) is 10.4. The van der Waals surface area contributed by atoms with E-state index in [0.717, 1.165) is 18.1 Å². The van der Waals surface area contributed by atoms with Crippen LogP contribution in [0.3, 0.4) is 0 Å². The van der Waals surface area contributed by atoms with E-state index in [0.29, 0.717) is 24.5 Å². The molecule has 0 heterocycles.